The second-order valence-electron chi connectivity index (χ2n) is 5.65. The summed E-state index contributed by atoms with van der Waals surface area (Å²) >= 11 is 0. The fourth-order valence-corrected chi connectivity index (χ4v) is 2.67. The Balaban J connectivity index is 2.30. The largest absolute Gasteiger partial charge is 0.507 e. The van der Waals surface area contributed by atoms with Crippen molar-refractivity contribution in [2.75, 3.05) is 11.5 Å². The van der Waals surface area contributed by atoms with Crippen molar-refractivity contribution in [3.8, 4) is 11.5 Å². The molecule has 0 atom stereocenters. The lowest BCUT2D eigenvalue weighted by molar-refractivity contribution is -0.130. The highest BCUT2D eigenvalue weighted by atomic mass is 16.5. The molecular weight excluding hydrogens is 324 g/mol. The highest BCUT2D eigenvalue weighted by molar-refractivity contribution is 6.33. The number of ether oxygens (including phenoxy) is 1. The molecule has 0 saturated carbocycles. The molecule has 7 heteroatoms. The normalized spacial score (nSPS) is 12.4. The number of esters is 1. The zero-order valence-electron chi connectivity index (χ0n) is 13.3. The zero-order valence-corrected chi connectivity index (χ0v) is 13.3. The second-order valence-corrected chi connectivity index (χ2v) is 5.65. The maximum Gasteiger partial charge on any atom is 0.338 e. The Hall–Kier alpha value is -3.61. The molecule has 1 aliphatic carbocycles. The Morgan fingerprint density at radius 1 is 0.960 bits per heavy atom. The number of rotatable bonds is 2. The van der Waals surface area contributed by atoms with E-state index in [2.05, 4.69) is 6.58 Å². The molecule has 0 amide bonds. The van der Waals surface area contributed by atoms with Crippen LogP contribution in [0, 0.1) is 0 Å². The minimum absolute atomic E-state index is 0.0240. The summed E-state index contributed by atoms with van der Waals surface area (Å²) in [5, 5.41) is 10.0. The van der Waals surface area contributed by atoms with Crippen molar-refractivity contribution in [1.29, 1.82) is 0 Å². The number of ketones is 2. The number of hydrogen-bond donors (Lipinski definition) is 3. The molecular formula is C18H14N2O5. The molecule has 0 unspecified atom stereocenters. The molecule has 1 aliphatic rings. The van der Waals surface area contributed by atoms with Crippen molar-refractivity contribution in [2.24, 2.45) is 0 Å². The minimum atomic E-state index is -0.748. The quantitative estimate of drug-likeness (QED) is 0.213. The molecule has 0 spiro atoms. The number of aromatic hydroxyl groups is 1. The summed E-state index contributed by atoms with van der Waals surface area (Å²) in [5.74, 6) is -2.57. The van der Waals surface area contributed by atoms with E-state index in [0.29, 0.717) is 0 Å². The van der Waals surface area contributed by atoms with Crippen molar-refractivity contribution in [3.63, 3.8) is 0 Å². The Morgan fingerprint density at radius 2 is 1.48 bits per heavy atom. The molecule has 126 valence electrons. The van der Waals surface area contributed by atoms with Gasteiger partial charge in [-0.15, -0.1) is 0 Å². The summed E-state index contributed by atoms with van der Waals surface area (Å²) in [7, 11) is 0. The Labute approximate surface area is 142 Å². The third-order valence-corrected chi connectivity index (χ3v) is 3.87. The van der Waals surface area contributed by atoms with Crippen LogP contribution in [0.1, 0.15) is 38.8 Å². The number of carbonyl (C=O) groups is 3. The number of phenolic OH excluding ortho intramolecular Hbond substituents is 1. The summed E-state index contributed by atoms with van der Waals surface area (Å²) < 4.78 is 5.16. The monoisotopic (exact) mass is 338 g/mol. The fraction of sp³-hybridized carbons (Fsp3) is 0.0556. The van der Waals surface area contributed by atoms with Crippen LogP contribution in [0.5, 0.6) is 11.5 Å². The summed E-state index contributed by atoms with van der Waals surface area (Å²) in [4.78, 5) is 37.6. The Kier molecular flexibility index (Phi) is 3.57. The SMILES string of the molecule is C=C(C)C(=O)Oc1ccc(N)c2c1C(=O)c1c(N)ccc(O)c1C2=O. The van der Waals surface area contributed by atoms with Gasteiger partial charge in [-0.3, -0.25) is 9.59 Å². The summed E-state index contributed by atoms with van der Waals surface area (Å²) in [5.41, 5.74) is 11.2. The summed E-state index contributed by atoms with van der Waals surface area (Å²) in [6.45, 7) is 4.92. The third kappa shape index (κ3) is 2.33. The smallest absolute Gasteiger partial charge is 0.338 e. The minimum Gasteiger partial charge on any atom is -0.507 e. The van der Waals surface area contributed by atoms with Gasteiger partial charge >= 0.3 is 5.97 Å². The first-order valence-electron chi connectivity index (χ1n) is 7.25. The van der Waals surface area contributed by atoms with Crippen molar-refractivity contribution >= 4 is 28.9 Å². The van der Waals surface area contributed by atoms with Gasteiger partial charge in [-0.2, -0.15) is 0 Å². The predicted molar refractivity (Wildman–Crippen MR) is 90.7 cm³/mol. The van der Waals surface area contributed by atoms with Gasteiger partial charge < -0.3 is 21.3 Å². The lowest BCUT2D eigenvalue weighted by Gasteiger charge is -2.22. The maximum absolute atomic E-state index is 12.9. The molecule has 0 heterocycles. The van der Waals surface area contributed by atoms with Gasteiger partial charge in [0, 0.05) is 16.9 Å². The first-order chi connectivity index (χ1) is 11.7. The molecule has 2 aromatic rings. The number of anilines is 2. The number of nitrogen functional groups attached to an aromatic ring is 2. The fourth-order valence-electron chi connectivity index (χ4n) is 2.67. The van der Waals surface area contributed by atoms with Crippen LogP contribution >= 0.6 is 0 Å². The van der Waals surface area contributed by atoms with Gasteiger partial charge in [0.15, 0.2) is 0 Å². The summed E-state index contributed by atoms with van der Waals surface area (Å²) in [6, 6.07) is 5.21. The molecule has 0 aliphatic heterocycles. The molecule has 0 bridgehead atoms. The van der Waals surface area contributed by atoms with Crippen LogP contribution in [-0.4, -0.2) is 22.6 Å². The molecule has 3 rings (SSSR count). The highest BCUT2D eigenvalue weighted by Crippen LogP contribution is 2.41. The van der Waals surface area contributed by atoms with Crippen LogP contribution < -0.4 is 16.2 Å². The van der Waals surface area contributed by atoms with E-state index in [4.69, 9.17) is 16.2 Å². The number of carbonyl (C=O) groups excluding carboxylic acids is 3. The standard InChI is InChI=1S/C18H14N2O5/c1-7(2)18(24)25-11-6-4-9(20)13-15(11)17(23)12-8(19)3-5-10(21)14(12)16(13)22/h3-6,21H,1,19-20H2,2H3. The predicted octanol–water partition coefficient (Wildman–Crippen LogP) is 1.81. The lowest BCUT2D eigenvalue weighted by atomic mass is 9.81. The van der Waals surface area contributed by atoms with Crippen molar-refractivity contribution in [2.45, 2.75) is 6.92 Å². The zero-order chi connectivity index (χ0) is 18.5. The van der Waals surface area contributed by atoms with Gasteiger partial charge in [-0.05, 0) is 31.2 Å². The number of phenols is 1. The van der Waals surface area contributed by atoms with Crippen LogP contribution in [-0.2, 0) is 4.79 Å². The molecule has 25 heavy (non-hydrogen) atoms. The van der Waals surface area contributed by atoms with E-state index in [0.717, 1.165) is 0 Å². The van der Waals surface area contributed by atoms with E-state index in [-0.39, 0.29) is 50.7 Å². The molecule has 7 nitrogen and oxygen atoms in total. The van der Waals surface area contributed by atoms with Crippen LogP contribution in [0.3, 0.4) is 0 Å². The van der Waals surface area contributed by atoms with E-state index >= 15 is 0 Å². The van der Waals surface area contributed by atoms with Gasteiger partial charge in [0.1, 0.15) is 11.5 Å². The van der Waals surface area contributed by atoms with E-state index in [9.17, 15) is 19.5 Å². The first kappa shape index (κ1) is 16.3. The number of benzene rings is 2. The van der Waals surface area contributed by atoms with Crippen LogP contribution in [0.15, 0.2) is 36.4 Å². The number of hydrogen-bond acceptors (Lipinski definition) is 7. The van der Waals surface area contributed by atoms with Gasteiger partial charge in [0.2, 0.25) is 11.6 Å². The topological polar surface area (TPSA) is 133 Å². The van der Waals surface area contributed by atoms with Gasteiger partial charge in [0.25, 0.3) is 0 Å². The second kappa shape index (κ2) is 5.48. The third-order valence-electron chi connectivity index (χ3n) is 3.87. The lowest BCUT2D eigenvalue weighted by Crippen LogP contribution is -2.25. The first-order valence-corrected chi connectivity index (χ1v) is 7.25. The molecule has 0 saturated heterocycles. The van der Waals surface area contributed by atoms with Gasteiger partial charge in [-0.25, -0.2) is 4.79 Å². The van der Waals surface area contributed by atoms with Crippen LogP contribution in [0.4, 0.5) is 11.4 Å². The van der Waals surface area contributed by atoms with E-state index in [1.165, 1.54) is 31.2 Å². The number of nitrogens with two attached hydrogens (primary N) is 2. The van der Waals surface area contributed by atoms with Crippen molar-refractivity contribution in [1.82, 2.24) is 0 Å². The van der Waals surface area contributed by atoms with Crippen LogP contribution in [0.25, 0.3) is 0 Å². The summed E-state index contributed by atoms with van der Waals surface area (Å²) in [6.07, 6.45) is 0. The van der Waals surface area contributed by atoms with Crippen molar-refractivity contribution in [3.05, 3.63) is 58.7 Å². The van der Waals surface area contributed by atoms with Crippen LogP contribution in [0.2, 0.25) is 0 Å². The Morgan fingerprint density at radius 3 is 2.08 bits per heavy atom. The molecule has 2 aromatic carbocycles. The molecule has 5 N–H and O–H groups in total. The van der Waals surface area contributed by atoms with E-state index < -0.39 is 17.5 Å². The van der Waals surface area contributed by atoms with Gasteiger partial charge in [0.05, 0.1) is 22.3 Å². The maximum atomic E-state index is 12.9. The average molecular weight is 338 g/mol. The molecule has 0 radical (unpaired) electrons. The molecule has 0 fully saturated rings. The Bertz CT molecular complexity index is 991. The van der Waals surface area contributed by atoms with Crippen molar-refractivity contribution < 1.29 is 24.2 Å². The highest BCUT2D eigenvalue weighted by Gasteiger charge is 2.37. The molecule has 0 aromatic heterocycles. The van der Waals surface area contributed by atoms with Gasteiger partial charge in [-0.1, -0.05) is 6.58 Å². The van der Waals surface area contributed by atoms with E-state index in [1.807, 2.05) is 0 Å². The van der Waals surface area contributed by atoms with E-state index in [1.54, 1.807) is 0 Å². The average Bonchev–Trinajstić information content (AvgIpc) is 2.55. The number of fused-ring (bicyclic) bond motifs is 2.